The van der Waals surface area contributed by atoms with Crippen LogP contribution >= 0.6 is 0 Å². The van der Waals surface area contributed by atoms with Crippen molar-refractivity contribution in [3.8, 4) is 0 Å². The normalized spacial score (nSPS) is 18.9. The Balaban J connectivity index is 1.67. The minimum absolute atomic E-state index is 0.0390. The number of nitrogen functional groups attached to an aromatic ring is 1. The fraction of sp³-hybridized carbons (Fsp3) is 0.500. The first-order valence-corrected chi connectivity index (χ1v) is 12.3. The Morgan fingerprint density at radius 2 is 1.71 bits per heavy atom. The highest BCUT2D eigenvalue weighted by atomic mass is 16.5. The lowest BCUT2D eigenvalue weighted by Crippen LogP contribution is -2.42. The first kappa shape index (κ1) is 25.6. The van der Waals surface area contributed by atoms with Gasteiger partial charge >= 0.3 is 11.9 Å². The van der Waals surface area contributed by atoms with Crippen molar-refractivity contribution in [2.75, 3.05) is 24.3 Å². The van der Waals surface area contributed by atoms with Crippen LogP contribution in [-0.4, -0.2) is 37.7 Å². The fourth-order valence-corrected chi connectivity index (χ4v) is 4.70. The molecule has 1 fully saturated rings. The number of carbonyl (C=O) groups is 2. The lowest BCUT2D eigenvalue weighted by atomic mass is 9.90. The highest BCUT2D eigenvalue weighted by molar-refractivity contribution is 5.89. The topological polar surface area (TPSA) is 81.9 Å². The van der Waals surface area contributed by atoms with E-state index in [4.69, 9.17) is 15.2 Å². The van der Waals surface area contributed by atoms with Gasteiger partial charge in [0.25, 0.3) is 0 Å². The first-order valence-electron chi connectivity index (χ1n) is 12.3. The highest BCUT2D eigenvalue weighted by Crippen LogP contribution is 2.35. The van der Waals surface area contributed by atoms with Crippen LogP contribution in [0.1, 0.15) is 74.7 Å². The summed E-state index contributed by atoms with van der Waals surface area (Å²) in [5, 5.41) is 0. The predicted molar refractivity (Wildman–Crippen MR) is 136 cm³/mol. The Hall–Kier alpha value is -3.02. The molecule has 2 aromatic carbocycles. The zero-order valence-corrected chi connectivity index (χ0v) is 20.8. The molecule has 1 aliphatic carbocycles. The first-order chi connectivity index (χ1) is 16.3. The molecule has 6 heteroatoms. The number of methoxy groups -OCH3 is 1. The van der Waals surface area contributed by atoms with Gasteiger partial charge in [-0.25, -0.2) is 4.79 Å². The molecule has 0 amide bonds. The summed E-state index contributed by atoms with van der Waals surface area (Å²) in [4.78, 5) is 26.5. The summed E-state index contributed by atoms with van der Waals surface area (Å²) >= 11 is 0. The molecule has 0 spiro atoms. The van der Waals surface area contributed by atoms with E-state index < -0.39 is 0 Å². The molecule has 3 rings (SSSR count). The van der Waals surface area contributed by atoms with Gasteiger partial charge in [0.05, 0.1) is 30.5 Å². The molecule has 184 valence electrons. The standard InChI is InChI=1S/C28H38N2O4/c1-19(2)18-30(26-15-10-22(17-25(26)29)20(3)16-27(31)33-4)23-11-13-24(14-12-23)34-28(32)21-8-6-5-7-9-21/h5-10,15,17,19-20,23-24H,11-14,16,18,29H2,1-4H3/t20-,23-,24+/m1/s1. The quantitative estimate of drug-likeness (QED) is 0.384. The van der Waals surface area contributed by atoms with Crippen LogP contribution in [0.4, 0.5) is 11.4 Å². The summed E-state index contributed by atoms with van der Waals surface area (Å²) in [6.07, 6.45) is 3.84. The van der Waals surface area contributed by atoms with Crippen molar-refractivity contribution in [1.29, 1.82) is 0 Å². The Morgan fingerprint density at radius 1 is 1.03 bits per heavy atom. The molecule has 2 N–H and O–H groups in total. The monoisotopic (exact) mass is 466 g/mol. The largest absolute Gasteiger partial charge is 0.469 e. The second kappa shape index (κ2) is 11.9. The number of esters is 2. The van der Waals surface area contributed by atoms with E-state index >= 15 is 0 Å². The second-order valence-corrected chi connectivity index (χ2v) is 9.75. The van der Waals surface area contributed by atoms with E-state index in [0.29, 0.717) is 23.9 Å². The molecule has 1 saturated carbocycles. The van der Waals surface area contributed by atoms with Crippen LogP contribution in [-0.2, 0) is 14.3 Å². The molecule has 34 heavy (non-hydrogen) atoms. The third kappa shape index (κ3) is 6.75. The third-order valence-corrected chi connectivity index (χ3v) is 6.56. The summed E-state index contributed by atoms with van der Waals surface area (Å²) in [5.74, 6) is 0.0494. The van der Waals surface area contributed by atoms with E-state index in [2.05, 4.69) is 30.9 Å². The number of rotatable bonds is 9. The molecule has 0 unspecified atom stereocenters. The smallest absolute Gasteiger partial charge is 0.338 e. The zero-order chi connectivity index (χ0) is 24.7. The van der Waals surface area contributed by atoms with E-state index in [0.717, 1.165) is 49.2 Å². The van der Waals surface area contributed by atoms with Crippen molar-refractivity contribution >= 4 is 23.3 Å². The molecule has 0 heterocycles. The number of hydrogen-bond donors (Lipinski definition) is 1. The Morgan fingerprint density at radius 3 is 2.29 bits per heavy atom. The maximum atomic E-state index is 12.4. The minimum Gasteiger partial charge on any atom is -0.469 e. The molecule has 0 radical (unpaired) electrons. The van der Waals surface area contributed by atoms with Crippen LogP contribution in [0.15, 0.2) is 48.5 Å². The van der Waals surface area contributed by atoms with Crippen LogP contribution < -0.4 is 10.6 Å². The lowest BCUT2D eigenvalue weighted by Gasteiger charge is -2.40. The zero-order valence-electron chi connectivity index (χ0n) is 20.8. The Bertz CT molecular complexity index is 952. The average molecular weight is 467 g/mol. The van der Waals surface area contributed by atoms with E-state index in [1.165, 1.54) is 7.11 Å². The summed E-state index contributed by atoms with van der Waals surface area (Å²) in [6.45, 7) is 7.34. The molecule has 0 aromatic heterocycles. The van der Waals surface area contributed by atoms with Gasteiger partial charge in [0, 0.05) is 12.6 Å². The van der Waals surface area contributed by atoms with Gasteiger partial charge in [0.1, 0.15) is 6.10 Å². The van der Waals surface area contributed by atoms with E-state index in [-0.39, 0.29) is 24.0 Å². The van der Waals surface area contributed by atoms with Crippen LogP contribution in [0.3, 0.4) is 0 Å². The lowest BCUT2D eigenvalue weighted by molar-refractivity contribution is -0.140. The van der Waals surface area contributed by atoms with Crippen LogP contribution in [0.25, 0.3) is 0 Å². The number of hydrogen-bond acceptors (Lipinski definition) is 6. The number of ether oxygens (including phenoxy) is 2. The van der Waals surface area contributed by atoms with Gasteiger partial charge in [-0.3, -0.25) is 4.79 Å². The van der Waals surface area contributed by atoms with Crippen LogP contribution in [0, 0.1) is 5.92 Å². The Labute approximate surface area is 203 Å². The summed E-state index contributed by atoms with van der Waals surface area (Å²) in [7, 11) is 1.41. The van der Waals surface area contributed by atoms with Gasteiger partial charge in [-0.2, -0.15) is 0 Å². The maximum Gasteiger partial charge on any atom is 0.338 e. The third-order valence-electron chi connectivity index (χ3n) is 6.56. The molecule has 0 bridgehead atoms. The van der Waals surface area contributed by atoms with Gasteiger partial charge in [-0.05, 0) is 67.3 Å². The van der Waals surface area contributed by atoms with Crippen molar-refractivity contribution in [2.45, 2.75) is 70.9 Å². The van der Waals surface area contributed by atoms with Crippen molar-refractivity contribution < 1.29 is 19.1 Å². The Kier molecular flexibility index (Phi) is 8.97. The van der Waals surface area contributed by atoms with Gasteiger partial charge in [-0.15, -0.1) is 0 Å². The molecule has 6 nitrogen and oxygen atoms in total. The van der Waals surface area contributed by atoms with Crippen molar-refractivity contribution in [1.82, 2.24) is 0 Å². The molecular formula is C28H38N2O4. The summed E-state index contributed by atoms with van der Waals surface area (Å²) in [5.41, 5.74) is 9.93. The number of benzene rings is 2. The molecule has 0 aliphatic heterocycles. The minimum atomic E-state index is -0.246. The van der Waals surface area contributed by atoms with Crippen LogP contribution in [0.2, 0.25) is 0 Å². The average Bonchev–Trinajstić information content (AvgIpc) is 2.83. The van der Waals surface area contributed by atoms with Crippen molar-refractivity contribution in [3.05, 3.63) is 59.7 Å². The number of carbonyl (C=O) groups excluding carboxylic acids is 2. The SMILES string of the molecule is COC(=O)C[C@@H](C)c1ccc(N(CC(C)C)[C@H]2CC[C@@H](OC(=O)c3ccccc3)CC2)c(N)c1. The molecule has 1 atom stereocenters. The summed E-state index contributed by atoms with van der Waals surface area (Å²) < 4.78 is 10.6. The van der Waals surface area contributed by atoms with Crippen LogP contribution in [0.5, 0.6) is 0 Å². The predicted octanol–water partition coefficient (Wildman–Crippen LogP) is 5.57. The van der Waals surface area contributed by atoms with E-state index in [1.54, 1.807) is 12.1 Å². The van der Waals surface area contributed by atoms with Crippen molar-refractivity contribution in [3.63, 3.8) is 0 Å². The van der Waals surface area contributed by atoms with E-state index in [9.17, 15) is 9.59 Å². The van der Waals surface area contributed by atoms with Gasteiger partial charge < -0.3 is 20.1 Å². The van der Waals surface area contributed by atoms with E-state index in [1.807, 2.05) is 31.2 Å². The second-order valence-electron chi connectivity index (χ2n) is 9.75. The molecular weight excluding hydrogens is 428 g/mol. The van der Waals surface area contributed by atoms with Gasteiger partial charge in [0.2, 0.25) is 0 Å². The maximum absolute atomic E-state index is 12.4. The molecule has 0 saturated heterocycles. The number of anilines is 2. The molecule has 1 aliphatic rings. The summed E-state index contributed by atoms with van der Waals surface area (Å²) in [6, 6.07) is 15.7. The fourth-order valence-electron chi connectivity index (χ4n) is 4.70. The van der Waals surface area contributed by atoms with Gasteiger partial charge in [0.15, 0.2) is 0 Å². The number of nitrogens with zero attached hydrogens (tertiary/aromatic N) is 1. The van der Waals surface area contributed by atoms with Crippen molar-refractivity contribution in [2.24, 2.45) is 5.92 Å². The molecule has 2 aromatic rings. The van der Waals surface area contributed by atoms with Gasteiger partial charge in [-0.1, -0.05) is 45.0 Å². The highest BCUT2D eigenvalue weighted by Gasteiger charge is 2.29. The number of nitrogens with two attached hydrogens (primary N) is 1.